The zero-order valence-electron chi connectivity index (χ0n) is 12.7. The van der Waals surface area contributed by atoms with E-state index in [2.05, 4.69) is 5.32 Å². The van der Waals surface area contributed by atoms with E-state index in [0.29, 0.717) is 11.3 Å². The molecule has 0 bridgehead atoms. The number of carbonyl (C=O) groups is 2. The van der Waals surface area contributed by atoms with Crippen LogP contribution < -0.4 is 10.1 Å². The minimum Gasteiger partial charge on any atom is -0.484 e. The van der Waals surface area contributed by atoms with Crippen LogP contribution >= 0.6 is 0 Å². The summed E-state index contributed by atoms with van der Waals surface area (Å²) in [5.74, 6) is -0.753. The molecule has 7 heteroatoms. The van der Waals surface area contributed by atoms with Gasteiger partial charge >= 0.3 is 6.18 Å². The van der Waals surface area contributed by atoms with Gasteiger partial charge in [0.2, 0.25) is 0 Å². The lowest BCUT2D eigenvalue weighted by Crippen LogP contribution is -2.20. The first kappa shape index (κ1) is 17.5. The van der Waals surface area contributed by atoms with Crippen LogP contribution in [0.1, 0.15) is 22.8 Å². The predicted molar refractivity (Wildman–Crippen MR) is 82.0 cm³/mol. The molecule has 2 rings (SSSR count). The van der Waals surface area contributed by atoms with Crippen molar-refractivity contribution in [2.24, 2.45) is 0 Å². The second-order valence-corrected chi connectivity index (χ2v) is 5.00. The molecule has 1 amide bonds. The molecule has 0 aliphatic heterocycles. The van der Waals surface area contributed by atoms with Gasteiger partial charge in [0.05, 0.1) is 5.56 Å². The normalized spacial score (nSPS) is 11.0. The van der Waals surface area contributed by atoms with E-state index in [9.17, 15) is 22.8 Å². The second kappa shape index (κ2) is 7.16. The molecule has 0 saturated carbocycles. The molecule has 4 nitrogen and oxygen atoms in total. The monoisotopic (exact) mass is 337 g/mol. The maximum absolute atomic E-state index is 12.6. The maximum Gasteiger partial charge on any atom is 0.416 e. The molecule has 0 aliphatic rings. The standard InChI is InChI=1S/C17H14F3NO3/c1-11(22)12-4-2-6-14(8-12)21-16(23)10-24-15-7-3-5-13(9-15)17(18,19)20/h2-9H,10H2,1H3,(H,21,23). The number of hydrogen-bond donors (Lipinski definition) is 1. The van der Waals surface area contributed by atoms with Gasteiger partial charge in [0.1, 0.15) is 5.75 Å². The molecule has 1 N–H and O–H groups in total. The number of ether oxygens (including phenoxy) is 1. The highest BCUT2D eigenvalue weighted by atomic mass is 19.4. The highest BCUT2D eigenvalue weighted by Gasteiger charge is 2.30. The number of nitrogens with one attached hydrogen (secondary N) is 1. The van der Waals surface area contributed by atoms with Gasteiger partial charge in [0, 0.05) is 11.3 Å². The number of rotatable bonds is 5. The fourth-order valence-electron chi connectivity index (χ4n) is 1.92. The highest BCUT2D eigenvalue weighted by molar-refractivity contribution is 5.97. The molecule has 0 saturated heterocycles. The average Bonchev–Trinajstić information content (AvgIpc) is 2.52. The van der Waals surface area contributed by atoms with Crippen molar-refractivity contribution in [2.75, 3.05) is 11.9 Å². The van der Waals surface area contributed by atoms with Crippen molar-refractivity contribution in [1.29, 1.82) is 0 Å². The molecule has 0 heterocycles. The number of ketones is 1. The van der Waals surface area contributed by atoms with Gasteiger partial charge in [-0.3, -0.25) is 9.59 Å². The Morgan fingerprint density at radius 3 is 2.46 bits per heavy atom. The summed E-state index contributed by atoms with van der Waals surface area (Å²) in [5.41, 5.74) is -0.0125. The van der Waals surface area contributed by atoms with Gasteiger partial charge in [0.25, 0.3) is 5.91 Å². The quantitative estimate of drug-likeness (QED) is 0.841. The molecule has 0 radical (unpaired) electrons. The number of carbonyl (C=O) groups excluding carboxylic acids is 2. The van der Waals surface area contributed by atoms with Crippen molar-refractivity contribution in [1.82, 2.24) is 0 Å². The smallest absolute Gasteiger partial charge is 0.416 e. The molecule has 0 aromatic heterocycles. The summed E-state index contributed by atoms with van der Waals surface area (Å²) in [4.78, 5) is 23.1. The van der Waals surface area contributed by atoms with Crippen LogP contribution in [0.25, 0.3) is 0 Å². The van der Waals surface area contributed by atoms with Crippen LogP contribution in [0.5, 0.6) is 5.75 Å². The van der Waals surface area contributed by atoms with Crippen molar-refractivity contribution >= 4 is 17.4 Å². The molecular weight excluding hydrogens is 323 g/mol. The Morgan fingerprint density at radius 2 is 1.79 bits per heavy atom. The van der Waals surface area contributed by atoms with Gasteiger partial charge in [-0.25, -0.2) is 0 Å². The van der Waals surface area contributed by atoms with Crippen LogP contribution in [0.4, 0.5) is 18.9 Å². The van der Waals surface area contributed by atoms with Gasteiger partial charge in [-0.2, -0.15) is 13.2 Å². The zero-order valence-corrected chi connectivity index (χ0v) is 12.7. The van der Waals surface area contributed by atoms with E-state index in [1.54, 1.807) is 18.2 Å². The Bertz CT molecular complexity index is 757. The Hall–Kier alpha value is -2.83. The van der Waals surface area contributed by atoms with Crippen molar-refractivity contribution in [3.8, 4) is 5.75 Å². The molecule has 2 aromatic carbocycles. The average molecular weight is 337 g/mol. The Morgan fingerprint density at radius 1 is 1.08 bits per heavy atom. The summed E-state index contributed by atoms with van der Waals surface area (Å²) in [6.45, 7) is 0.948. The van der Waals surface area contributed by atoms with Crippen molar-refractivity contribution in [3.63, 3.8) is 0 Å². The minimum atomic E-state index is -4.48. The Kier molecular flexibility index (Phi) is 5.23. The lowest BCUT2D eigenvalue weighted by molar-refractivity contribution is -0.137. The van der Waals surface area contributed by atoms with E-state index in [1.807, 2.05) is 0 Å². The highest BCUT2D eigenvalue weighted by Crippen LogP contribution is 2.31. The molecule has 24 heavy (non-hydrogen) atoms. The molecule has 2 aromatic rings. The number of halogens is 3. The van der Waals surface area contributed by atoms with Crippen molar-refractivity contribution in [3.05, 3.63) is 59.7 Å². The van der Waals surface area contributed by atoms with E-state index in [-0.39, 0.29) is 11.5 Å². The summed E-state index contributed by atoms with van der Waals surface area (Å²) in [5, 5.41) is 2.51. The van der Waals surface area contributed by atoms with E-state index in [4.69, 9.17) is 4.74 Å². The predicted octanol–water partition coefficient (Wildman–Crippen LogP) is 3.93. The SMILES string of the molecule is CC(=O)c1cccc(NC(=O)COc2cccc(C(F)(F)F)c2)c1. The Balaban J connectivity index is 1.96. The zero-order chi connectivity index (χ0) is 17.7. The Labute approximate surface area is 136 Å². The van der Waals surface area contributed by atoms with Gasteiger partial charge in [-0.1, -0.05) is 18.2 Å². The third-order valence-corrected chi connectivity index (χ3v) is 3.08. The van der Waals surface area contributed by atoms with Crippen LogP contribution in [0.3, 0.4) is 0 Å². The summed E-state index contributed by atoms with van der Waals surface area (Å²) < 4.78 is 42.9. The summed E-state index contributed by atoms with van der Waals surface area (Å²) >= 11 is 0. The van der Waals surface area contributed by atoms with Crippen LogP contribution in [0.15, 0.2) is 48.5 Å². The lowest BCUT2D eigenvalue weighted by atomic mass is 10.1. The lowest BCUT2D eigenvalue weighted by Gasteiger charge is -2.10. The molecule has 0 aliphatic carbocycles. The van der Waals surface area contributed by atoms with Gasteiger partial charge in [-0.15, -0.1) is 0 Å². The fraction of sp³-hybridized carbons (Fsp3) is 0.176. The van der Waals surface area contributed by atoms with E-state index in [0.717, 1.165) is 12.1 Å². The van der Waals surface area contributed by atoms with Gasteiger partial charge in [-0.05, 0) is 37.3 Å². The van der Waals surface area contributed by atoms with E-state index >= 15 is 0 Å². The van der Waals surface area contributed by atoms with Crippen molar-refractivity contribution in [2.45, 2.75) is 13.1 Å². The first-order chi connectivity index (χ1) is 11.3. The summed E-state index contributed by atoms with van der Waals surface area (Å²) in [6, 6.07) is 10.6. The number of Topliss-reactive ketones (excluding diaryl/α,β-unsaturated/α-hetero) is 1. The van der Waals surface area contributed by atoms with Crippen LogP contribution in [-0.2, 0) is 11.0 Å². The third kappa shape index (κ3) is 4.84. The third-order valence-electron chi connectivity index (χ3n) is 3.08. The number of amides is 1. The number of anilines is 1. The second-order valence-electron chi connectivity index (χ2n) is 5.00. The summed E-state index contributed by atoms with van der Waals surface area (Å²) in [7, 11) is 0. The van der Waals surface area contributed by atoms with E-state index in [1.165, 1.54) is 25.1 Å². The fourth-order valence-corrected chi connectivity index (χ4v) is 1.92. The van der Waals surface area contributed by atoms with Crippen LogP contribution in [0, 0.1) is 0 Å². The molecule has 0 spiro atoms. The number of hydrogen-bond acceptors (Lipinski definition) is 3. The van der Waals surface area contributed by atoms with Gasteiger partial charge < -0.3 is 10.1 Å². The number of benzene rings is 2. The molecule has 0 atom stereocenters. The molecule has 126 valence electrons. The van der Waals surface area contributed by atoms with Crippen molar-refractivity contribution < 1.29 is 27.5 Å². The molecule has 0 fully saturated rings. The maximum atomic E-state index is 12.6. The first-order valence-corrected chi connectivity index (χ1v) is 6.96. The number of alkyl halides is 3. The minimum absolute atomic E-state index is 0.0579. The molecular formula is C17H14F3NO3. The van der Waals surface area contributed by atoms with Crippen LogP contribution in [-0.4, -0.2) is 18.3 Å². The van der Waals surface area contributed by atoms with E-state index < -0.39 is 24.3 Å². The largest absolute Gasteiger partial charge is 0.484 e. The van der Waals surface area contributed by atoms with Crippen LogP contribution in [0.2, 0.25) is 0 Å². The molecule has 0 unspecified atom stereocenters. The topological polar surface area (TPSA) is 55.4 Å². The van der Waals surface area contributed by atoms with Gasteiger partial charge in [0.15, 0.2) is 12.4 Å². The summed E-state index contributed by atoms with van der Waals surface area (Å²) in [6.07, 6.45) is -4.48. The first-order valence-electron chi connectivity index (χ1n) is 6.96.